The maximum atomic E-state index is 13.0. The zero-order valence-electron chi connectivity index (χ0n) is 11.8. The molecular formula is C14H16Cl2FN3OS. The number of benzene rings is 1. The first kappa shape index (κ1) is 18.8. The average molecular weight is 364 g/mol. The van der Waals surface area contributed by atoms with E-state index in [0.29, 0.717) is 24.2 Å². The first-order valence-electron chi connectivity index (χ1n) is 6.41. The summed E-state index contributed by atoms with van der Waals surface area (Å²) in [5.74, 6) is -0.699. The van der Waals surface area contributed by atoms with Gasteiger partial charge in [-0.3, -0.25) is 4.79 Å². The van der Waals surface area contributed by atoms with Gasteiger partial charge in [-0.05, 0) is 31.2 Å². The Morgan fingerprint density at radius 1 is 1.55 bits per heavy atom. The summed E-state index contributed by atoms with van der Waals surface area (Å²) in [5.41, 5.74) is 6.46. The number of thiazole rings is 1. The maximum Gasteiger partial charge on any atom is 0.271 e. The number of carbonyl (C=O) groups is 1. The van der Waals surface area contributed by atoms with E-state index >= 15 is 0 Å². The van der Waals surface area contributed by atoms with Crippen molar-refractivity contribution in [3.63, 3.8) is 0 Å². The molecule has 0 spiro atoms. The van der Waals surface area contributed by atoms with Crippen molar-refractivity contribution in [3.8, 4) is 0 Å². The third-order valence-corrected chi connectivity index (χ3v) is 4.16. The van der Waals surface area contributed by atoms with Crippen LogP contribution >= 0.6 is 35.3 Å². The van der Waals surface area contributed by atoms with Crippen LogP contribution in [0.3, 0.4) is 0 Å². The Hall–Kier alpha value is -1.21. The molecule has 0 saturated heterocycles. The van der Waals surface area contributed by atoms with Crippen molar-refractivity contribution >= 4 is 41.3 Å². The Morgan fingerprint density at radius 2 is 2.27 bits per heavy atom. The summed E-state index contributed by atoms with van der Waals surface area (Å²) >= 11 is 7.38. The summed E-state index contributed by atoms with van der Waals surface area (Å²) in [5, 5.41) is 5.60. The number of halogens is 3. The molecule has 0 aliphatic rings. The van der Waals surface area contributed by atoms with E-state index in [0.717, 1.165) is 5.01 Å². The molecule has 0 saturated carbocycles. The fraction of sp³-hybridized carbons (Fsp3) is 0.286. The Morgan fingerprint density at radius 3 is 2.91 bits per heavy atom. The molecule has 0 aliphatic carbocycles. The third kappa shape index (κ3) is 4.64. The Balaban J connectivity index is 0.00000242. The van der Waals surface area contributed by atoms with Gasteiger partial charge in [-0.15, -0.1) is 23.7 Å². The summed E-state index contributed by atoms with van der Waals surface area (Å²) in [7, 11) is 0. The van der Waals surface area contributed by atoms with E-state index in [1.54, 1.807) is 18.4 Å². The van der Waals surface area contributed by atoms with E-state index in [-0.39, 0.29) is 29.4 Å². The number of aromatic nitrogens is 1. The van der Waals surface area contributed by atoms with E-state index in [2.05, 4.69) is 10.3 Å². The van der Waals surface area contributed by atoms with Gasteiger partial charge in [0.1, 0.15) is 11.5 Å². The van der Waals surface area contributed by atoms with Gasteiger partial charge in [0.2, 0.25) is 0 Å². The minimum absolute atomic E-state index is 0. The molecule has 0 fully saturated rings. The van der Waals surface area contributed by atoms with Crippen molar-refractivity contribution in [2.24, 2.45) is 5.73 Å². The van der Waals surface area contributed by atoms with Gasteiger partial charge in [0.15, 0.2) is 0 Å². The van der Waals surface area contributed by atoms with Crippen molar-refractivity contribution in [1.82, 2.24) is 10.3 Å². The lowest BCUT2D eigenvalue weighted by Gasteiger charge is -2.15. The lowest BCUT2D eigenvalue weighted by Crippen LogP contribution is -2.27. The Labute approximate surface area is 143 Å². The summed E-state index contributed by atoms with van der Waals surface area (Å²) in [6.07, 6.45) is 0.650. The van der Waals surface area contributed by atoms with Gasteiger partial charge in [-0.1, -0.05) is 17.7 Å². The smallest absolute Gasteiger partial charge is 0.271 e. The molecule has 1 unspecified atom stereocenters. The zero-order valence-corrected chi connectivity index (χ0v) is 14.2. The second-order valence-corrected chi connectivity index (χ2v) is 5.88. The van der Waals surface area contributed by atoms with E-state index in [9.17, 15) is 9.18 Å². The minimum Gasteiger partial charge on any atom is -0.344 e. The third-order valence-electron chi connectivity index (χ3n) is 2.92. The van der Waals surface area contributed by atoms with Gasteiger partial charge < -0.3 is 11.1 Å². The van der Waals surface area contributed by atoms with Gasteiger partial charge >= 0.3 is 0 Å². The second kappa shape index (κ2) is 8.43. The van der Waals surface area contributed by atoms with Crippen LogP contribution in [-0.4, -0.2) is 17.4 Å². The molecule has 1 heterocycles. The second-order valence-electron chi connectivity index (χ2n) is 4.53. The standard InChI is InChI=1S/C14H15ClFN3OS.ClH/c1-8(10-3-2-9(16)6-11(10)15)18-14(20)12-7-21-13(19-12)4-5-17;/h2-3,6-8H,4-5,17H2,1H3,(H,18,20);1H. The van der Waals surface area contributed by atoms with Gasteiger partial charge in [0, 0.05) is 16.8 Å². The van der Waals surface area contributed by atoms with Crippen molar-refractivity contribution in [2.45, 2.75) is 19.4 Å². The predicted molar refractivity (Wildman–Crippen MR) is 89.4 cm³/mol. The molecule has 0 radical (unpaired) electrons. The van der Waals surface area contributed by atoms with Crippen molar-refractivity contribution in [3.05, 3.63) is 50.7 Å². The highest BCUT2D eigenvalue weighted by molar-refractivity contribution is 7.09. The number of nitrogens with two attached hydrogens (primary N) is 1. The molecule has 1 amide bonds. The Bertz CT molecular complexity index is 651. The van der Waals surface area contributed by atoms with Crippen LogP contribution in [0.15, 0.2) is 23.6 Å². The maximum absolute atomic E-state index is 13.0. The minimum atomic E-state index is -0.409. The van der Waals surface area contributed by atoms with E-state index in [1.165, 1.54) is 23.5 Å². The average Bonchev–Trinajstić information content (AvgIpc) is 2.87. The van der Waals surface area contributed by atoms with Gasteiger partial charge in [0.05, 0.1) is 11.0 Å². The summed E-state index contributed by atoms with van der Waals surface area (Å²) in [6, 6.07) is 3.75. The number of hydrogen-bond donors (Lipinski definition) is 2. The highest BCUT2D eigenvalue weighted by Crippen LogP contribution is 2.24. The highest BCUT2D eigenvalue weighted by atomic mass is 35.5. The van der Waals surface area contributed by atoms with E-state index in [1.807, 2.05) is 0 Å². The molecule has 1 aromatic heterocycles. The van der Waals surface area contributed by atoms with Crippen molar-refractivity contribution < 1.29 is 9.18 Å². The molecule has 0 aliphatic heterocycles. The van der Waals surface area contributed by atoms with Gasteiger partial charge in [0.25, 0.3) is 5.91 Å². The van der Waals surface area contributed by atoms with Crippen molar-refractivity contribution in [1.29, 1.82) is 0 Å². The molecule has 2 rings (SSSR count). The molecule has 8 heteroatoms. The first-order valence-corrected chi connectivity index (χ1v) is 7.67. The molecule has 0 bridgehead atoms. The monoisotopic (exact) mass is 363 g/mol. The van der Waals surface area contributed by atoms with Crippen LogP contribution in [0.5, 0.6) is 0 Å². The van der Waals surface area contributed by atoms with Crippen molar-refractivity contribution in [2.75, 3.05) is 6.54 Å². The summed E-state index contributed by atoms with van der Waals surface area (Å²) in [4.78, 5) is 16.3. The summed E-state index contributed by atoms with van der Waals surface area (Å²) in [6.45, 7) is 2.28. The fourth-order valence-corrected chi connectivity index (χ4v) is 2.98. The number of amides is 1. The van der Waals surface area contributed by atoms with Crippen LogP contribution in [0.1, 0.15) is 34.0 Å². The molecule has 4 nitrogen and oxygen atoms in total. The SMILES string of the molecule is CC(NC(=O)c1csc(CCN)n1)c1ccc(F)cc1Cl.Cl. The van der Waals surface area contributed by atoms with E-state index in [4.69, 9.17) is 17.3 Å². The van der Waals surface area contributed by atoms with Crippen LogP contribution in [0.25, 0.3) is 0 Å². The largest absolute Gasteiger partial charge is 0.344 e. The quantitative estimate of drug-likeness (QED) is 0.855. The summed E-state index contributed by atoms with van der Waals surface area (Å²) < 4.78 is 13.0. The highest BCUT2D eigenvalue weighted by Gasteiger charge is 2.16. The van der Waals surface area contributed by atoms with E-state index < -0.39 is 5.82 Å². The van der Waals surface area contributed by atoms with Crippen LogP contribution in [0.2, 0.25) is 5.02 Å². The topological polar surface area (TPSA) is 68.0 Å². The molecule has 3 N–H and O–H groups in total. The number of nitrogens with one attached hydrogen (secondary N) is 1. The molecule has 22 heavy (non-hydrogen) atoms. The molecule has 1 aromatic carbocycles. The van der Waals surface area contributed by atoms with Crippen LogP contribution < -0.4 is 11.1 Å². The van der Waals surface area contributed by atoms with Crippen LogP contribution in [-0.2, 0) is 6.42 Å². The number of hydrogen-bond acceptors (Lipinski definition) is 4. The van der Waals surface area contributed by atoms with Gasteiger partial charge in [-0.25, -0.2) is 9.37 Å². The lowest BCUT2D eigenvalue weighted by molar-refractivity contribution is 0.0935. The lowest BCUT2D eigenvalue weighted by atomic mass is 10.1. The number of carbonyl (C=O) groups excluding carboxylic acids is 1. The number of rotatable bonds is 5. The normalized spacial score (nSPS) is 11.6. The number of nitrogens with zero attached hydrogens (tertiary/aromatic N) is 1. The molecular weight excluding hydrogens is 348 g/mol. The van der Waals surface area contributed by atoms with Gasteiger partial charge in [-0.2, -0.15) is 0 Å². The first-order chi connectivity index (χ1) is 10.0. The zero-order chi connectivity index (χ0) is 15.4. The molecule has 120 valence electrons. The molecule has 2 aromatic rings. The Kier molecular flexibility index (Phi) is 7.22. The van der Waals surface area contributed by atoms with Crippen LogP contribution in [0, 0.1) is 5.82 Å². The van der Waals surface area contributed by atoms with Crippen LogP contribution in [0.4, 0.5) is 4.39 Å². The predicted octanol–water partition coefficient (Wildman–Crippen LogP) is 3.35. The fourth-order valence-electron chi connectivity index (χ4n) is 1.85. The molecule has 1 atom stereocenters.